The summed E-state index contributed by atoms with van der Waals surface area (Å²) in [7, 11) is -2.83. The molecular formula is C22H28O7S. The Balaban J connectivity index is 2.28. The van der Waals surface area contributed by atoms with E-state index in [9.17, 15) is 22.8 Å². The quantitative estimate of drug-likeness (QED) is 0.528. The van der Waals surface area contributed by atoms with E-state index in [0.29, 0.717) is 12.8 Å². The molecule has 0 amide bonds. The second kappa shape index (κ2) is 7.18. The van der Waals surface area contributed by atoms with Crippen LogP contribution in [0.2, 0.25) is 0 Å². The van der Waals surface area contributed by atoms with Crippen LogP contribution in [0.15, 0.2) is 35.2 Å². The van der Waals surface area contributed by atoms with Gasteiger partial charge in [0.2, 0.25) is 0 Å². The van der Waals surface area contributed by atoms with Gasteiger partial charge in [-0.25, -0.2) is 8.42 Å². The number of methoxy groups -OCH3 is 1. The zero-order valence-electron chi connectivity index (χ0n) is 17.9. The first-order chi connectivity index (χ1) is 13.8. The number of carbonyl (C=O) groups excluding carboxylic acids is 3. The first-order valence-corrected chi connectivity index (χ1v) is 11.5. The molecule has 0 heterocycles. The molecule has 3 rings (SSSR count). The van der Waals surface area contributed by atoms with Crippen molar-refractivity contribution < 1.29 is 32.3 Å². The van der Waals surface area contributed by atoms with E-state index in [-0.39, 0.29) is 11.3 Å². The summed E-state index contributed by atoms with van der Waals surface area (Å²) in [5.74, 6) is -1.82. The molecule has 2 aliphatic rings. The van der Waals surface area contributed by atoms with E-state index in [1.165, 1.54) is 26.2 Å². The molecule has 2 bridgehead atoms. The fraction of sp³-hybridized carbons (Fsp3) is 0.591. The predicted octanol–water partition coefficient (Wildman–Crippen LogP) is 2.72. The number of ketones is 1. The van der Waals surface area contributed by atoms with Gasteiger partial charge in [0.15, 0.2) is 15.6 Å². The summed E-state index contributed by atoms with van der Waals surface area (Å²) in [5.41, 5.74) is -3.78. The van der Waals surface area contributed by atoms with E-state index in [1.54, 1.807) is 39.0 Å². The van der Waals surface area contributed by atoms with Gasteiger partial charge in [-0.2, -0.15) is 0 Å². The van der Waals surface area contributed by atoms with Crippen LogP contribution >= 0.6 is 0 Å². The number of esters is 2. The molecule has 0 aliphatic heterocycles. The number of hydrogen-bond acceptors (Lipinski definition) is 7. The summed E-state index contributed by atoms with van der Waals surface area (Å²) in [6, 6.07) is 7.83. The minimum Gasteiger partial charge on any atom is -0.468 e. The number of sulfone groups is 1. The Hall–Kier alpha value is -2.22. The molecule has 4 atom stereocenters. The standard InChI is InChI=1S/C22H28O7S/c1-14(23)29-17-16(30(26,27)15-9-7-6-8-10-15)13-22(19(25)28-5)18(24)21(17,4)12-11-20(22,2)3/h6-10,16-17H,11-13H2,1-5H3. The fourth-order valence-electron chi connectivity index (χ4n) is 5.22. The van der Waals surface area contributed by atoms with Crippen LogP contribution in [-0.4, -0.2) is 44.6 Å². The molecule has 30 heavy (non-hydrogen) atoms. The van der Waals surface area contributed by atoms with Crippen molar-refractivity contribution in [2.45, 2.75) is 63.2 Å². The van der Waals surface area contributed by atoms with Crippen molar-refractivity contribution in [3.63, 3.8) is 0 Å². The van der Waals surface area contributed by atoms with Crippen molar-refractivity contribution in [3.05, 3.63) is 30.3 Å². The molecule has 164 valence electrons. The summed E-state index contributed by atoms with van der Waals surface area (Å²) in [5, 5.41) is -1.26. The van der Waals surface area contributed by atoms with E-state index >= 15 is 0 Å². The molecule has 4 unspecified atom stereocenters. The molecule has 7 nitrogen and oxygen atoms in total. The second-order valence-electron chi connectivity index (χ2n) is 9.16. The van der Waals surface area contributed by atoms with Crippen LogP contribution in [0.1, 0.15) is 47.0 Å². The molecule has 1 aromatic rings. The van der Waals surface area contributed by atoms with Gasteiger partial charge in [0.25, 0.3) is 0 Å². The average Bonchev–Trinajstić information content (AvgIpc) is 2.69. The minimum absolute atomic E-state index is 0.0565. The lowest BCUT2D eigenvalue weighted by molar-refractivity contribution is -0.196. The minimum atomic E-state index is -4.03. The molecule has 0 saturated heterocycles. The topological polar surface area (TPSA) is 104 Å². The highest BCUT2D eigenvalue weighted by molar-refractivity contribution is 7.92. The third-order valence-corrected chi connectivity index (χ3v) is 9.24. The van der Waals surface area contributed by atoms with Crippen LogP contribution in [0.4, 0.5) is 0 Å². The number of ether oxygens (including phenoxy) is 2. The zero-order chi connectivity index (χ0) is 22.5. The maximum Gasteiger partial charge on any atom is 0.319 e. The number of carbonyl (C=O) groups is 3. The summed E-state index contributed by atoms with van der Waals surface area (Å²) in [4.78, 5) is 38.8. The molecule has 2 aliphatic carbocycles. The van der Waals surface area contributed by atoms with Crippen molar-refractivity contribution in [3.8, 4) is 0 Å². The van der Waals surface area contributed by atoms with Crippen LogP contribution in [0.3, 0.4) is 0 Å². The van der Waals surface area contributed by atoms with E-state index in [0.717, 1.165) is 0 Å². The number of benzene rings is 1. The van der Waals surface area contributed by atoms with Gasteiger partial charge in [-0.1, -0.05) is 32.0 Å². The van der Waals surface area contributed by atoms with Crippen LogP contribution in [0.25, 0.3) is 0 Å². The van der Waals surface area contributed by atoms with Crippen molar-refractivity contribution in [1.82, 2.24) is 0 Å². The first-order valence-electron chi connectivity index (χ1n) is 9.94. The average molecular weight is 437 g/mol. The monoisotopic (exact) mass is 436 g/mol. The maximum absolute atomic E-state index is 13.8. The van der Waals surface area contributed by atoms with Crippen molar-refractivity contribution in [2.75, 3.05) is 7.11 Å². The van der Waals surface area contributed by atoms with Gasteiger partial charge in [-0.05, 0) is 43.7 Å². The molecule has 0 radical (unpaired) electrons. The van der Waals surface area contributed by atoms with E-state index in [2.05, 4.69) is 0 Å². The Kier molecular flexibility index (Phi) is 5.38. The Morgan fingerprint density at radius 3 is 2.20 bits per heavy atom. The maximum atomic E-state index is 13.8. The lowest BCUT2D eigenvalue weighted by atomic mass is 9.44. The van der Waals surface area contributed by atoms with E-state index in [4.69, 9.17) is 9.47 Å². The molecule has 8 heteroatoms. The Morgan fingerprint density at radius 1 is 1.07 bits per heavy atom. The lowest BCUT2D eigenvalue weighted by Crippen LogP contribution is -2.70. The summed E-state index contributed by atoms with van der Waals surface area (Å²) in [6.07, 6.45) is -0.700. The highest BCUT2D eigenvalue weighted by Gasteiger charge is 2.73. The van der Waals surface area contributed by atoms with Crippen molar-refractivity contribution in [1.29, 1.82) is 0 Å². The number of fused-ring (bicyclic) bond motifs is 2. The molecule has 0 N–H and O–H groups in total. The number of hydrogen-bond donors (Lipinski definition) is 0. The Bertz CT molecular complexity index is 982. The van der Waals surface area contributed by atoms with Crippen LogP contribution in [0.5, 0.6) is 0 Å². The van der Waals surface area contributed by atoms with E-state index < -0.39 is 55.2 Å². The number of Topliss-reactive ketones (excluding diaryl/α,β-unsaturated/α-hetero) is 1. The van der Waals surface area contributed by atoms with Gasteiger partial charge in [0.1, 0.15) is 16.8 Å². The van der Waals surface area contributed by atoms with Crippen molar-refractivity contribution >= 4 is 27.6 Å². The molecular weight excluding hydrogens is 408 g/mol. The third-order valence-electron chi connectivity index (χ3n) is 7.10. The smallest absolute Gasteiger partial charge is 0.319 e. The van der Waals surface area contributed by atoms with Gasteiger partial charge in [-0.3, -0.25) is 14.4 Å². The largest absolute Gasteiger partial charge is 0.468 e. The number of rotatable bonds is 4. The van der Waals surface area contributed by atoms with Gasteiger partial charge >= 0.3 is 11.9 Å². The molecule has 0 spiro atoms. The van der Waals surface area contributed by atoms with Gasteiger partial charge in [-0.15, -0.1) is 0 Å². The van der Waals surface area contributed by atoms with Crippen molar-refractivity contribution in [2.24, 2.45) is 16.2 Å². The zero-order valence-corrected chi connectivity index (χ0v) is 18.7. The van der Waals surface area contributed by atoms with Crippen LogP contribution in [0, 0.1) is 16.2 Å². The summed E-state index contributed by atoms with van der Waals surface area (Å²) < 4.78 is 37.9. The summed E-state index contributed by atoms with van der Waals surface area (Å²) >= 11 is 0. The molecule has 1 aromatic carbocycles. The lowest BCUT2D eigenvalue weighted by Gasteiger charge is -2.59. The molecule has 0 aromatic heterocycles. The first kappa shape index (κ1) is 22.5. The van der Waals surface area contributed by atoms with Gasteiger partial charge < -0.3 is 9.47 Å². The SMILES string of the molecule is COC(=O)C12CC(S(=O)(=O)c3ccccc3)C(OC(C)=O)C(C)(CCC1(C)C)C2=O. The fourth-order valence-corrected chi connectivity index (χ4v) is 7.26. The van der Waals surface area contributed by atoms with Crippen LogP contribution in [-0.2, 0) is 33.7 Å². The highest BCUT2D eigenvalue weighted by Crippen LogP contribution is 2.63. The summed E-state index contributed by atoms with van der Waals surface area (Å²) in [6.45, 7) is 6.37. The van der Waals surface area contributed by atoms with Gasteiger partial charge in [0.05, 0.1) is 17.4 Å². The Labute approximate surface area is 177 Å². The molecule has 2 fully saturated rings. The third kappa shape index (κ3) is 2.99. The van der Waals surface area contributed by atoms with Crippen LogP contribution < -0.4 is 0 Å². The predicted molar refractivity (Wildman–Crippen MR) is 108 cm³/mol. The Morgan fingerprint density at radius 2 is 1.67 bits per heavy atom. The second-order valence-corrected chi connectivity index (χ2v) is 11.3. The van der Waals surface area contributed by atoms with E-state index in [1.807, 2.05) is 0 Å². The normalized spacial score (nSPS) is 32.9. The highest BCUT2D eigenvalue weighted by atomic mass is 32.2. The molecule has 2 saturated carbocycles. The van der Waals surface area contributed by atoms with Gasteiger partial charge in [0, 0.05) is 6.92 Å².